The highest BCUT2D eigenvalue weighted by Gasteiger charge is 2.40. The number of allylic oxidation sites excluding steroid dienone is 1. The Kier molecular flexibility index (Phi) is 11.2. The quantitative estimate of drug-likeness (QED) is 0.203. The summed E-state index contributed by atoms with van der Waals surface area (Å²) in [6, 6.07) is 27.8. The summed E-state index contributed by atoms with van der Waals surface area (Å²) in [7, 11) is 0. The minimum Gasteiger partial charge on any atom is -0.309 e. The average molecular weight is 583 g/mol. The topological polar surface area (TPSA) is 108 Å². The predicted molar refractivity (Wildman–Crippen MR) is 163 cm³/mol. The number of rotatable bonds is 14. The zero-order valence-electron chi connectivity index (χ0n) is 24.5. The molecule has 9 nitrogen and oxygen atoms in total. The van der Waals surface area contributed by atoms with Crippen molar-refractivity contribution in [1.82, 2.24) is 20.8 Å². The zero-order chi connectivity index (χ0) is 30.6. The fourth-order valence-electron chi connectivity index (χ4n) is 4.95. The minimum absolute atomic E-state index is 0.0500. The van der Waals surface area contributed by atoms with Crippen molar-refractivity contribution in [1.29, 1.82) is 0 Å². The molecule has 3 aromatic carbocycles. The van der Waals surface area contributed by atoms with Gasteiger partial charge in [0, 0.05) is 6.54 Å². The van der Waals surface area contributed by atoms with Gasteiger partial charge in [0.05, 0.1) is 18.4 Å². The van der Waals surface area contributed by atoms with E-state index in [4.69, 9.17) is 4.84 Å². The third-order valence-corrected chi connectivity index (χ3v) is 7.11. The Hall–Kier alpha value is -4.76. The second kappa shape index (κ2) is 15.5. The van der Waals surface area contributed by atoms with E-state index in [1.807, 2.05) is 117 Å². The minimum atomic E-state index is -0.843. The average Bonchev–Trinajstić information content (AvgIpc) is 3.26. The molecule has 0 saturated carbocycles. The summed E-state index contributed by atoms with van der Waals surface area (Å²) < 4.78 is 0. The number of urea groups is 1. The molecule has 2 N–H and O–H groups in total. The van der Waals surface area contributed by atoms with Gasteiger partial charge < -0.3 is 4.90 Å². The first kappa shape index (κ1) is 31.2. The third-order valence-electron chi connectivity index (χ3n) is 7.11. The van der Waals surface area contributed by atoms with Crippen LogP contribution in [0.2, 0.25) is 0 Å². The van der Waals surface area contributed by atoms with Gasteiger partial charge >= 0.3 is 6.03 Å². The lowest BCUT2D eigenvalue weighted by Crippen LogP contribution is -2.51. The maximum atomic E-state index is 13.7. The summed E-state index contributed by atoms with van der Waals surface area (Å²) in [5.74, 6) is -3.19. The largest absolute Gasteiger partial charge is 0.346 e. The van der Waals surface area contributed by atoms with Crippen LogP contribution in [0.5, 0.6) is 0 Å². The van der Waals surface area contributed by atoms with Crippen molar-refractivity contribution in [2.24, 2.45) is 17.8 Å². The lowest BCUT2D eigenvalue weighted by Gasteiger charge is -2.28. The number of hydrogen-bond acceptors (Lipinski definition) is 5. The highest BCUT2D eigenvalue weighted by molar-refractivity contribution is 6.03. The van der Waals surface area contributed by atoms with Crippen LogP contribution >= 0.6 is 0 Å². The molecule has 4 rings (SSSR count). The van der Waals surface area contributed by atoms with Crippen molar-refractivity contribution in [2.45, 2.75) is 39.8 Å². The number of hydrogen-bond donors (Lipinski definition) is 2. The maximum Gasteiger partial charge on any atom is 0.346 e. The number of imide groups is 1. The van der Waals surface area contributed by atoms with Gasteiger partial charge in [-0.25, -0.2) is 10.3 Å². The molecule has 224 valence electrons. The lowest BCUT2D eigenvalue weighted by molar-refractivity contribution is -0.147. The van der Waals surface area contributed by atoms with Gasteiger partial charge in [0.25, 0.3) is 5.91 Å². The van der Waals surface area contributed by atoms with Crippen LogP contribution in [-0.2, 0) is 32.4 Å². The first-order valence-electron chi connectivity index (χ1n) is 14.4. The molecule has 9 heteroatoms. The number of amides is 5. The van der Waals surface area contributed by atoms with Crippen LogP contribution in [0.4, 0.5) is 4.79 Å². The van der Waals surface area contributed by atoms with Gasteiger partial charge in [-0.1, -0.05) is 117 Å². The second-order valence-electron chi connectivity index (χ2n) is 11.0. The highest BCUT2D eigenvalue weighted by atomic mass is 16.6. The number of hydroxylamine groups is 1. The molecule has 1 unspecified atom stereocenters. The van der Waals surface area contributed by atoms with Crippen molar-refractivity contribution in [2.75, 3.05) is 6.54 Å². The van der Waals surface area contributed by atoms with Crippen molar-refractivity contribution in [3.05, 3.63) is 114 Å². The number of benzene rings is 3. The molecule has 43 heavy (non-hydrogen) atoms. The van der Waals surface area contributed by atoms with Gasteiger partial charge in [0.15, 0.2) is 0 Å². The van der Waals surface area contributed by atoms with Crippen molar-refractivity contribution < 1.29 is 24.0 Å². The van der Waals surface area contributed by atoms with Crippen LogP contribution in [-0.4, -0.2) is 40.2 Å². The molecule has 0 radical (unpaired) electrons. The molecule has 1 aliphatic rings. The molecule has 1 saturated heterocycles. The van der Waals surface area contributed by atoms with Crippen LogP contribution in [0, 0.1) is 17.8 Å². The summed E-state index contributed by atoms with van der Waals surface area (Å²) in [5.41, 5.74) is 7.76. The summed E-state index contributed by atoms with van der Waals surface area (Å²) in [4.78, 5) is 60.1. The standard InChI is InChI=1S/C34H38N4O5/c1-25(2)21-30(32(40)35-38-31(39)23-37(34(38)42)22-27-15-8-4-9-16-27)29(20-12-19-26-13-6-3-7-14-26)33(41)36-43-24-28-17-10-5-11-18-28/h3-19,25,29-30H,20-24H2,1-2H3,(H,35,40)(H,36,41)/t29?,30-/m1/s1. The van der Waals surface area contributed by atoms with Gasteiger partial charge in [-0.05, 0) is 35.4 Å². The Morgan fingerprint density at radius 2 is 1.44 bits per heavy atom. The van der Waals surface area contributed by atoms with Crippen LogP contribution in [0.3, 0.4) is 0 Å². The predicted octanol–water partition coefficient (Wildman–Crippen LogP) is 5.11. The Morgan fingerprint density at radius 3 is 2.07 bits per heavy atom. The van der Waals surface area contributed by atoms with E-state index in [2.05, 4.69) is 10.9 Å². The van der Waals surface area contributed by atoms with E-state index < -0.39 is 35.6 Å². The van der Waals surface area contributed by atoms with Gasteiger partial charge in [-0.15, -0.1) is 0 Å². The summed E-state index contributed by atoms with van der Waals surface area (Å²) in [6.07, 6.45) is 4.34. The van der Waals surface area contributed by atoms with Crippen molar-refractivity contribution in [3.8, 4) is 0 Å². The number of carbonyl (C=O) groups excluding carboxylic acids is 4. The van der Waals surface area contributed by atoms with Crippen LogP contribution in [0.1, 0.15) is 43.4 Å². The zero-order valence-corrected chi connectivity index (χ0v) is 24.5. The summed E-state index contributed by atoms with van der Waals surface area (Å²) in [5, 5.41) is 0.763. The number of nitrogens with one attached hydrogen (secondary N) is 2. The summed E-state index contributed by atoms with van der Waals surface area (Å²) in [6.45, 7) is 4.15. The first-order chi connectivity index (χ1) is 20.8. The van der Waals surface area contributed by atoms with Crippen molar-refractivity contribution >= 4 is 29.8 Å². The van der Waals surface area contributed by atoms with Gasteiger partial charge in [-0.3, -0.25) is 24.6 Å². The molecule has 3 aromatic rings. The molecular weight excluding hydrogens is 544 g/mol. The van der Waals surface area contributed by atoms with E-state index in [0.29, 0.717) is 6.42 Å². The molecule has 5 amide bonds. The van der Waals surface area contributed by atoms with Crippen LogP contribution in [0.15, 0.2) is 97.1 Å². The Labute approximate surface area is 252 Å². The fraction of sp³-hybridized carbons (Fsp3) is 0.294. The second-order valence-corrected chi connectivity index (χ2v) is 11.0. The van der Waals surface area contributed by atoms with Gasteiger partial charge in [-0.2, -0.15) is 5.01 Å². The van der Waals surface area contributed by atoms with Crippen LogP contribution < -0.4 is 10.9 Å². The molecule has 0 aromatic heterocycles. The van der Waals surface area contributed by atoms with E-state index in [0.717, 1.165) is 21.7 Å². The monoisotopic (exact) mass is 582 g/mol. The van der Waals surface area contributed by atoms with Crippen molar-refractivity contribution in [3.63, 3.8) is 0 Å². The molecular formula is C34H38N4O5. The normalized spacial score (nSPS) is 14.8. The SMILES string of the molecule is CC(C)C[C@@H](C(=O)NN1C(=O)CN(Cc2ccccc2)C1=O)C(CC=Cc1ccccc1)C(=O)NOCc1ccccc1. The highest BCUT2D eigenvalue weighted by Crippen LogP contribution is 2.26. The molecule has 1 aliphatic heterocycles. The van der Waals surface area contributed by atoms with E-state index in [1.54, 1.807) is 0 Å². The van der Waals surface area contributed by atoms with E-state index in [-0.39, 0.29) is 32.0 Å². The maximum absolute atomic E-state index is 13.7. The van der Waals surface area contributed by atoms with E-state index in [1.165, 1.54) is 4.90 Å². The van der Waals surface area contributed by atoms with Gasteiger partial charge in [0.1, 0.15) is 6.54 Å². The van der Waals surface area contributed by atoms with Gasteiger partial charge in [0.2, 0.25) is 11.8 Å². The molecule has 0 spiro atoms. The van der Waals surface area contributed by atoms with E-state index in [9.17, 15) is 19.2 Å². The lowest BCUT2D eigenvalue weighted by atomic mass is 9.82. The Morgan fingerprint density at radius 1 is 0.837 bits per heavy atom. The summed E-state index contributed by atoms with van der Waals surface area (Å²) >= 11 is 0. The molecule has 0 aliphatic carbocycles. The molecule has 0 bridgehead atoms. The third kappa shape index (κ3) is 9.11. The molecule has 2 atom stereocenters. The fourth-order valence-corrected chi connectivity index (χ4v) is 4.95. The first-order valence-corrected chi connectivity index (χ1v) is 14.4. The molecule has 1 fully saturated rings. The smallest absolute Gasteiger partial charge is 0.309 e. The van der Waals surface area contributed by atoms with E-state index >= 15 is 0 Å². The molecule has 1 heterocycles. The Bertz CT molecular complexity index is 1400. The number of carbonyl (C=O) groups is 4. The Balaban J connectivity index is 1.49. The number of nitrogens with zero attached hydrogens (tertiary/aromatic N) is 2. The van der Waals surface area contributed by atoms with Crippen LogP contribution in [0.25, 0.3) is 6.08 Å². The number of hydrazine groups is 1.